The van der Waals surface area contributed by atoms with Crippen molar-refractivity contribution in [2.45, 2.75) is 33.2 Å². The quantitative estimate of drug-likeness (QED) is 0.464. The summed E-state index contributed by atoms with van der Waals surface area (Å²) in [7, 11) is 0. The Morgan fingerprint density at radius 2 is 1.83 bits per heavy atom. The van der Waals surface area contributed by atoms with Crippen molar-refractivity contribution in [3.8, 4) is 0 Å². The first-order valence-electron chi connectivity index (χ1n) is 3.91. The third kappa shape index (κ3) is 0.750. The van der Waals surface area contributed by atoms with Gasteiger partial charge in [0.25, 0.3) is 0 Å². The standard InChI is InChI=1S/C8H13NO3/c1-5(10)6-7(2,3)8(6,4)9(11)12/h6H,1-4H3/t6-,8+/m1/s1. The summed E-state index contributed by atoms with van der Waals surface area (Å²) in [4.78, 5) is 21.4. The molecule has 0 radical (unpaired) electrons. The van der Waals surface area contributed by atoms with E-state index >= 15 is 0 Å². The number of carbonyl (C=O) groups is 1. The number of rotatable bonds is 2. The molecule has 2 atom stereocenters. The molecule has 0 saturated heterocycles. The van der Waals surface area contributed by atoms with Crippen molar-refractivity contribution < 1.29 is 9.72 Å². The van der Waals surface area contributed by atoms with Crippen LogP contribution < -0.4 is 0 Å². The normalized spacial score (nSPS) is 37.5. The zero-order valence-corrected chi connectivity index (χ0v) is 7.75. The second kappa shape index (κ2) is 2.06. The molecule has 0 aromatic rings. The van der Waals surface area contributed by atoms with Gasteiger partial charge in [0, 0.05) is 11.8 Å². The number of nitro groups is 1. The molecule has 0 bridgehead atoms. The molecule has 0 N–H and O–H groups in total. The van der Waals surface area contributed by atoms with Crippen LogP contribution in [-0.2, 0) is 4.79 Å². The third-order valence-corrected chi connectivity index (χ3v) is 3.29. The van der Waals surface area contributed by atoms with E-state index in [0.717, 1.165) is 0 Å². The fourth-order valence-electron chi connectivity index (χ4n) is 2.20. The van der Waals surface area contributed by atoms with Gasteiger partial charge in [-0.2, -0.15) is 0 Å². The summed E-state index contributed by atoms with van der Waals surface area (Å²) in [5.41, 5.74) is -1.53. The summed E-state index contributed by atoms with van der Waals surface area (Å²) in [6.07, 6.45) is 0. The molecule has 0 aromatic carbocycles. The van der Waals surface area contributed by atoms with Crippen LogP contribution in [0.5, 0.6) is 0 Å². The predicted molar refractivity (Wildman–Crippen MR) is 43.4 cm³/mol. The Bertz CT molecular complexity index is 259. The van der Waals surface area contributed by atoms with E-state index in [1.807, 2.05) is 0 Å². The Morgan fingerprint density at radius 3 is 1.92 bits per heavy atom. The molecule has 0 amide bonds. The molecule has 0 aromatic heterocycles. The highest BCUT2D eigenvalue weighted by molar-refractivity contribution is 5.84. The third-order valence-electron chi connectivity index (χ3n) is 3.29. The molecule has 0 heterocycles. The Labute approximate surface area is 71.1 Å². The van der Waals surface area contributed by atoms with E-state index in [1.165, 1.54) is 6.92 Å². The molecule has 0 aliphatic heterocycles. The van der Waals surface area contributed by atoms with E-state index in [-0.39, 0.29) is 10.7 Å². The maximum absolute atomic E-state index is 11.0. The van der Waals surface area contributed by atoms with Gasteiger partial charge in [-0.05, 0) is 6.92 Å². The van der Waals surface area contributed by atoms with Crippen molar-refractivity contribution >= 4 is 5.78 Å². The van der Waals surface area contributed by atoms with E-state index in [2.05, 4.69) is 0 Å². The lowest BCUT2D eigenvalue weighted by atomic mass is 10.1. The predicted octanol–water partition coefficient (Wildman–Crippen LogP) is 1.27. The van der Waals surface area contributed by atoms with Crippen molar-refractivity contribution in [3.63, 3.8) is 0 Å². The van der Waals surface area contributed by atoms with Gasteiger partial charge in [-0.3, -0.25) is 14.9 Å². The Balaban J connectivity index is 2.99. The highest BCUT2D eigenvalue weighted by atomic mass is 16.6. The van der Waals surface area contributed by atoms with E-state index in [4.69, 9.17) is 0 Å². The Morgan fingerprint density at radius 1 is 1.42 bits per heavy atom. The topological polar surface area (TPSA) is 60.2 Å². The maximum Gasteiger partial charge on any atom is 0.235 e. The van der Waals surface area contributed by atoms with E-state index < -0.39 is 16.9 Å². The molecule has 4 heteroatoms. The second-order valence-corrected chi connectivity index (χ2v) is 4.17. The molecule has 1 rings (SSSR count). The molecular formula is C8H13NO3. The Hall–Kier alpha value is -0.930. The fraction of sp³-hybridized carbons (Fsp3) is 0.875. The van der Waals surface area contributed by atoms with Crippen molar-refractivity contribution in [3.05, 3.63) is 10.1 Å². The zero-order valence-electron chi connectivity index (χ0n) is 7.75. The minimum absolute atomic E-state index is 0.0841. The van der Waals surface area contributed by atoms with Crippen molar-refractivity contribution in [2.75, 3.05) is 0 Å². The number of hydrogen-bond donors (Lipinski definition) is 0. The van der Waals surface area contributed by atoms with Gasteiger partial charge in [0.15, 0.2) is 0 Å². The van der Waals surface area contributed by atoms with Crippen LogP contribution in [0.3, 0.4) is 0 Å². The van der Waals surface area contributed by atoms with Crippen molar-refractivity contribution in [1.29, 1.82) is 0 Å². The van der Waals surface area contributed by atoms with E-state index in [0.29, 0.717) is 0 Å². The summed E-state index contributed by atoms with van der Waals surface area (Å²) in [5.74, 6) is -0.501. The van der Waals surface area contributed by atoms with Gasteiger partial charge in [-0.25, -0.2) is 0 Å². The first-order valence-corrected chi connectivity index (χ1v) is 3.91. The highest BCUT2D eigenvalue weighted by Crippen LogP contribution is 2.63. The van der Waals surface area contributed by atoms with Gasteiger partial charge in [-0.15, -0.1) is 0 Å². The summed E-state index contributed by atoms with van der Waals surface area (Å²) in [5, 5.41) is 10.7. The van der Waals surface area contributed by atoms with E-state index in [1.54, 1.807) is 20.8 Å². The van der Waals surface area contributed by atoms with Crippen LogP contribution >= 0.6 is 0 Å². The number of nitrogens with zero attached hydrogens (tertiary/aromatic N) is 1. The molecular weight excluding hydrogens is 158 g/mol. The van der Waals surface area contributed by atoms with Crippen LogP contribution in [0.1, 0.15) is 27.7 Å². The molecule has 68 valence electrons. The van der Waals surface area contributed by atoms with Crippen LogP contribution in [0.2, 0.25) is 0 Å². The second-order valence-electron chi connectivity index (χ2n) is 4.17. The monoisotopic (exact) mass is 171 g/mol. The van der Waals surface area contributed by atoms with Crippen LogP contribution in [-0.4, -0.2) is 16.2 Å². The van der Waals surface area contributed by atoms with Gasteiger partial charge in [0.1, 0.15) is 5.78 Å². The Kier molecular flexibility index (Phi) is 1.57. The summed E-state index contributed by atoms with van der Waals surface area (Å²) >= 11 is 0. The SMILES string of the molecule is CC(=O)[C@@H]1C(C)(C)[C@@]1(C)[N+](=O)[O-]. The lowest BCUT2D eigenvalue weighted by Crippen LogP contribution is -2.24. The molecule has 1 saturated carbocycles. The van der Waals surface area contributed by atoms with Crippen molar-refractivity contribution in [2.24, 2.45) is 11.3 Å². The molecule has 12 heavy (non-hydrogen) atoms. The van der Waals surface area contributed by atoms with Crippen molar-refractivity contribution in [1.82, 2.24) is 0 Å². The summed E-state index contributed by atoms with van der Waals surface area (Å²) in [6, 6.07) is 0. The number of Topliss-reactive ketones (excluding diaryl/α,β-unsaturated/α-hetero) is 1. The highest BCUT2D eigenvalue weighted by Gasteiger charge is 2.80. The largest absolute Gasteiger partial charge is 0.299 e. The first kappa shape index (κ1) is 9.16. The molecule has 4 nitrogen and oxygen atoms in total. The van der Waals surface area contributed by atoms with Crippen LogP contribution in [0.15, 0.2) is 0 Å². The van der Waals surface area contributed by atoms with E-state index in [9.17, 15) is 14.9 Å². The molecule has 0 spiro atoms. The lowest BCUT2D eigenvalue weighted by molar-refractivity contribution is -0.543. The minimum Gasteiger partial charge on any atom is -0.299 e. The zero-order chi connectivity index (χ0) is 9.73. The number of ketones is 1. The van der Waals surface area contributed by atoms with Gasteiger partial charge in [0.2, 0.25) is 5.54 Å². The fourth-order valence-corrected chi connectivity index (χ4v) is 2.20. The smallest absolute Gasteiger partial charge is 0.235 e. The maximum atomic E-state index is 11.0. The van der Waals surface area contributed by atoms with Gasteiger partial charge in [0.05, 0.1) is 11.3 Å². The molecule has 1 fully saturated rings. The lowest BCUT2D eigenvalue weighted by Gasteiger charge is -2.03. The average molecular weight is 171 g/mol. The van der Waals surface area contributed by atoms with Gasteiger partial charge >= 0.3 is 0 Å². The van der Waals surface area contributed by atoms with Crippen LogP contribution in [0.4, 0.5) is 0 Å². The summed E-state index contributed by atoms with van der Waals surface area (Å²) in [6.45, 7) is 6.49. The van der Waals surface area contributed by atoms with Gasteiger partial charge in [-0.1, -0.05) is 13.8 Å². The van der Waals surface area contributed by atoms with Crippen LogP contribution in [0, 0.1) is 21.4 Å². The average Bonchev–Trinajstić information content (AvgIpc) is 2.28. The minimum atomic E-state index is -1.04. The number of hydrogen-bond acceptors (Lipinski definition) is 3. The number of carbonyl (C=O) groups excluding carboxylic acids is 1. The molecule has 0 unspecified atom stereocenters. The molecule has 1 aliphatic carbocycles. The van der Waals surface area contributed by atoms with Crippen LogP contribution in [0.25, 0.3) is 0 Å². The van der Waals surface area contributed by atoms with Gasteiger partial charge < -0.3 is 0 Å². The first-order chi connectivity index (χ1) is 5.26. The summed E-state index contributed by atoms with van der Waals surface area (Å²) < 4.78 is 0. The molecule has 1 aliphatic rings.